The van der Waals surface area contributed by atoms with Gasteiger partial charge in [-0.1, -0.05) is 6.92 Å². The Labute approximate surface area is 110 Å². The van der Waals surface area contributed by atoms with E-state index in [1.165, 1.54) is 12.0 Å². The number of carbonyl (C=O) groups excluding carboxylic acids is 2. The third-order valence-electron chi connectivity index (χ3n) is 3.48. The summed E-state index contributed by atoms with van der Waals surface area (Å²) < 4.78 is 10.6. The van der Waals surface area contributed by atoms with Crippen molar-refractivity contribution in [2.75, 3.05) is 20.3 Å². The fourth-order valence-corrected chi connectivity index (χ4v) is 2.36. The van der Waals surface area contributed by atoms with E-state index in [4.69, 9.17) is 14.6 Å². The zero-order chi connectivity index (χ0) is 14.2. The van der Waals surface area contributed by atoms with Crippen molar-refractivity contribution >= 4 is 11.9 Å². The fourth-order valence-electron chi connectivity index (χ4n) is 2.36. The van der Waals surface area contributed by atoms with Crippen molar-refractivity contribution in [2.45, 2.75) is 31.5 Å². The van der Waals surface area contributed by atoms with Crippen LogP contribution in [-0.4, -0.2) is 71.9 Å². The maximum Gasteiger partial charge on any atom is 0.326 e. The first-order valence-electron chi connectivity index (χ1n) is 6.08. The zero-order valence-electron chi connectivity index (χ0n) is 10.8. The SMILES string of the molecule is COC1C(O)C(CO)OC1N1CC(C)C(=O)NC1=O. The number of ether oxygens (including phenoxy) is 2. The van der Waals surface area contributed by atoms with Gasteiger partial charge in [-0.3, -0.25) is 15.0 Å². The number of nitrogens with one attached hydrogen (secondary N) is 1. The highest BCUT2D eigenvalue weighted by Crippen LogP contribution is 2.27. The van der Waals surface area contributed by atoms with Gasteiger partial charge in [0.15, 0.2) is 6.23 Å². The standard InChI is InChI=1S/C11H18N2O6/c1-5-3-13(11(17)12-9(5)16)10-8(18-2)7(15)6(4-14)19-10/h5-8,10,14-15H,3-4H2,1-2H3,(H,12,16,17). The first-order chi connectivity index (χ1) is 8.99. The van der Waals surface area contributed by atoms with Gasteiger partial charge < -0.3 is 19.7 Å². The van der Waals surface area contributed by atoms with Crippen molar-refractivity contribution in [3.8, 4) is 0 Å². The van der Waals surface area contributed by atoms with E-state index in [2.05, 4.69) is 5.32 Å². The number of aliphatic hydroxyl groups is 2. The molecule has 2 aliphatic heterocycles. The Morgan fingerprint density at radius 2 is 2.21 bits per heavy atom. The number of hydrogen-bond acceptors (Lipinski definition) is 6. The summed E-state index contributed by atoms with van der Waals surface area (Å²) in [5, 5.41) is 21.2. The molecule has 8 heteroatoms. The van der Waals surface area contributed by atoms with Gasteiger partial charge in [0.2, 0.25) is 5.91 Å². The van der Waals surface area contributed by atoms with Crippen LogP contribution in [-0.2, 0) is 14.3 Å². The average Bonchev–Trinajstić information content (AvgIpc) is 2.70. The molecule has 5 atom stereocenters. The molecule has 0 aliphatic carbocycles. The van der Waals surface area contributed by atoms with Crippen molar-refractivity contribution < 1.29 is 29.3 Å². The second kappa shape index (κ2) is 5.41. The summed E-state index contributed by atoms with van der Waals surface area (Å²) in [5.41, 5.74) is 0. The molecular weight excluding hydrogens is 256 g/mol. The minimum Gasteiger partial charge on any atom is -0.394 e. The lowest BCUT2D eigenvalue weighted by Crippen LogP contribution is -2.59. The van der Waals surface area contributed by atoms with Crippen LogP contribution in [0.2, 0.25) is 0 Å². The third-order valence-corrected chi connectivity index (χ3v) is 3.48. The van der Waals surface area contributed by atoms with E-state index in [1.807, 2.05) is 0 Å². The van der Waals surface area contributed by atoms with Gasteiger partial charge in [-0.05, 0) is 0 Å². The molecule has 0 aromatic heterocycles. The number of rotatable bonds is 3. The van der Waals surface area contributed by atoms with E-state index < -0.39 is 30.6 Å². The highest BCUT2D eigenvalue weighted by atomic mass is 16.6. The predicted molar refractivity (Wildman–Crippen MR) is 62.0 cm³/mol. The van der Waals surface area contributed by atoms with Crippen molar-refractivity contribution in [1.82, 2.24) is 10.2 Å². The summed E-state index contributed by atoms with van der Waals surface area (Å²) in [4.78, 5) is 24.5. The summed E-state index contributed by atoms with van der Waals surface area (Å²) >= 11 is 0. The van der Waals surface area contributed by atoms with Crippen molar-refractivity contribution in [2.24, 2.45) is 5.92 Å². The van der Waals surface area contributed by atoms with Gasteiger partial charge in [-0.25, -0.2) is 4.79 Å². The van der Waals surface area contributed by atoms with Crippen LogP contribution in [0.5, 0.6) is 0 Å². The molecule has 0 aromatic carbocycles. The summed E-state index contributed by atoms with van der Waals surface area (Å²) in [6, 6.07) is -0.582. The largest absolute Gasteiger partial charge is 0.394 e. The molecule has 2 aliphatic rings. The number of urea groups is 1. The molecule has 0 spiro atoms. The molecule has 2 fully saturated rings. The average molecular weight is 274 g/mol. The molecule has 5 unspecified atom stereocenters. The van der Waals surface area contributed by atoms with Gasteiger partial charge >= 0.3 is 6.03 Å². The number of amides is 3. The Bertz CT molecular complexity index is 376. The number of imide groups is 1. The first-order valence-corrected chi connectivity index (χ1v) is 6.08. The fraction of sp³-hybridized carbons (Fsp3) is 0.818. The molecule has 0 saturated carbocycles. The number of hydrogen-bond donors (Lipinski definition) is 3. The van der Waals surface area contributed by atoms with Crippen LogP contribution in [0.3, 0.4) is 0 Å². The van der Waals surface area contributed by atoms with E-state index in [-0.39, 0.29) is 25.0 Å². The molecule has 0 radical (unpaired) electrons. The van der Waals surface area contributed by atoms with Crippen LogP contribution < -0.4 is 5.32 Å². The lowest BCUT2D eigenvalue weighted by Gasteiger charge is -2.36. The van der Waals surface area contributed by atoms with Crippen LogP contribution >= 0.6 is 0 Å². The smallest absolute Gasteiger partial charge is 0.326 e. The Morgan fingerprint density at radius 3 is 2.79 bits per heavy atom. The number of carbonyl (C=O) groups is 2. The number of nitrogens with zero attached hydrogens (tertiary/aromatic N) is 1. The molecule has 19 heavy (non-hydrogen) atoms. The minimum absolute atomic E-state index is 0.181. The van der Waals surface area contributed by atoms with Crippen LogP contribution in [0, 0.1) is 5.92 Å². The molecule has 3 amide bonds. The third kappa shape index (κ3) is 2.44. The minimum atomic E-state index is -1.03. The van der Waals surface area contributed by atoms with Crippen molar-refractivity contribution in [1.29, 1.82) is 0 Å². The summed E-state index contributed by atoms with van der Waals surface area (Å²) in [6.07, 6.45) is -3.42. The highest BCUT2D eigenvalue weighted by Gasteiger charge is 2.49. The molecule has 3 N–H and O–H groups in total. The van der Waals surface area contributed by atoms with Gasteiger partial charge in [0.25, 0.3) is 0 Å². The van der Waals surface area contributed by atoms with E-state index >= 15 is 0 Å². The van der Waals surface area contributed by atoms with Gasteiger partial charge in [0, 0.05) is 13.7 Å². The maximum absolute atomic E-state index is 11.8. The predicted octanol–water partition coefficient (Wildman–Crippen LogP) is -1.73. The van der Waals surface area contributed by atoms with Crippen molar-refractivity contribution in [3.63, 3.8) is 0 Å². The Hall–Kier alpha value is -1.22. The molecule has 2 heterocycles. The van der Waals surface area contributed by atoms with Gasteiger partial charge in [-0.15, -0.1) is 0 Å². The Morgan fingerprint density at radius 1 is 1.53 bits per heavy atom. The van der Waals surface area contributed by atoms with E-state index in [0.717, 1.165) is 0 Å². The molecule has 8 nitrogen and oxygen atoms in total. The molecule has 2 saturated heterocycles. The van der Waals surface area contributed by atoms with Crippen LogP contribution in [0.1, 0.15) is 6.92 Å². The lowest BCUT2D eigenvalue weighted by molar-refractivity contribution is -0.131. The van der Waals surface area contributed by atoms with E-state index in [0.29, 0.717) is 0 Å². The first kappa shape index (κ1) is 14.2. The summed E-state index contributed by atoms with van der Waals surface area (Å²) in [7, 11) is 1.39. The van der Waals surface area contributed by atoms with Gasteiger partial charge in [0.05, 0.1) is 12.5 Å². The monoisotopic (exact) mass is 274 g/mol. The van der Waals surface area contributed by atoms with E-state index in [9.17, 15) is 14.7 Å². The van der Waals surface area contributed by atoms with E-state index in [1.54, 1.807) is 6.92 Å². The Kier molecular flexibility index (Phi) is 4.04. The molecule has 0 aromatic rings. The molecule has 2 rings (SSSR count). The number of aliphatic hydroxyl groups excluding tert-OH is 2. The normalized spacial score (nSPS) is 39.6. The van der Waals surface area contributed by atoms with Crippen LogP contribution in [0.15, 0.2) is 0 Å². The molecular formula is C11H18N2O6. The highest BCUT2D eigenvalue weighted by molar-refractivity contribution is 5.97. The second-order valence-electron chi connectivity index (χ2n) is 4.79. The van der Waals surface area contributed by atoms with Crippen molar-refractivity contribution in [3.05, 3.63) is 0 Å². The quantitative estimate of drug-likeness (QED) is 0.564. The Balaban J connectivity index is 2.16. The molecule has 0 bridgehead atoms. The van der Waals surface area contributed by atoms with Gasteiger partial charge in [0.1, 0.15) is 18.3 Å². The lowest BCUT2D eigenvalue weighted by atomic mass is 10.1. The second-order valence-corrected chi connectivity index (χ2v) is 4.79. The summed E-state index contributed by atoms with van der Waals surface area (Å²) in [6.45, 7) is 1.49. The van der Waals surface area contributed by atoms with Crippen LogP contribution in [0.25, 0.3) is 0 Å². The number of methoxy groups -OCH3 is 1. The van der Waals surface area contributed by atoms with Crippen LogP contribution in [0.4, 0.5) is 4.79 Å². The topological polar surface area (TPSA) is 108 Å². The zero-order valence-corrected chi connectivity index (χ0v) is 10.8. The van der Waals surface area contributed by atoms with Gasteiger partial charge in [-0.2, -0.15) is 0 Å². The molecule has 108 valence electrons. The summed E-state index contributed by atoms with van der Waals surface area (Å²) in [5.74, 6) is -0.711. The maximum atomic E-state index is 11.8.